The smallest absolute Gasteiger partial charge is 0.149 e. The summed E-state index contributed by atoms with van der Waals surface area (Å²) in [6.45, 7) is 1.31. The van der Waals surface area contributed by atoms with Crippen LogP contribution in [0.25, 0.3) is 27.8 Å². The number of anilines is 1. The predicted octanol–water partition coefficient (Wildman–Crippen LogP) is 4.88. The van der Waals surface area contributed by atoms with E-state index < -0.39 is 5.82 Å². The summed E-state index contributed by atoms with van der Waals surface area (Å²) in [7, 11) is 0. The third-order valence-corrected chi connectivity index (χ3v) is 6.50. The molecule has 8 heteroatoms. The minimum absolute atomic E-state index is 0.0168. The Labute approximate surface area is 197 Å². The van der Waals surface area contributed by atoms with Crippen molar-refractivity contribution >= 4 is 16.7 Å². The van der Waals surface area contributed by atoms with Gasteiger partial charge in [-0.3, -0.25) is 4.68 Å². The predicted molar refractivity (Wildman–Crippen MR) is 129 cm³/mol. The van der Waals surface area contributed by atoms with E-state index in [-0.39, 0.29) is 12.2 Å². The van der Waals surface area contributed by atoms with Gasteiger partial charge in [0.1, 0.15) is 17.7 Å². The minimum Gasteiger partial charge on any atom is -0.394 e. The maximum atomic E-state index is 14.5. The second-order valence-electron chi connectivity index (χ2n) is 8.88. The molecule has 2 heterocycles. The van der Waals surface area contributed by atoms with Gasteiger partial charge in [-0.25, -0.2) is 9.07 Å². The number of aliphatic hydroxyl groups is 1. The fourth-order valence-corrected chi connectivity index (χ4v) is 4.69. The molecule has 0 radical (unpaired) electrons. The van der Waals surface area contributed by atoms with E-state index in [2.05, 4.69) is 10.4 Å². The number of fused-ring (bicyclic) bond motifs is 1. The topological polar surface area (TPSA) is 91.7 Å². The summed E-state index contributed by atoms with van der Waals surface area (Å²) in [5.41, 5.74) is 3.04. The van der Waals surface area contributed by atoms with Crippen LogP contribution in [-0.4, -0.2) is 37.8 Å². The zero-order valence-corrected chi connectivity index (χ0v) is 18.9. The van der Waals surface area contributed by atoms with E-state index in [0.29, 0.717) is 18.0 Å². The Balaban J connectivity index is 1.52. The standard InChI is InChI=1S/C26H27FN6O/c27-23-13-19(6-7-20(23)15-28)25-14-26(29-16-18-4-2-1-3-5-18)31-33(25)22-8-9-24-21(12-22)17-32(30-24)10-11-34/h6-9,12-14,17-18,34H,1-5,10-11,16H2,(H,29,31). The first-order valence-electron chi connectivity index (χ1n) is 11.8. The molecule has 0 amide bonds. The van der Waals surface area contributed by atoms with Gasteiger partial charge in [0, 0.05) is 29.8 Å². The van der Waals surface area contributed by atoms with Gasteiger partial charge in [0.2, 0.25) is 0 Å². The van der Waals surface area contributed by atoms with Crippen LogP contribution in [0.3, 0.4) is 0 Å². The largest absolute Gasteiger partial charge is 0.394 e. The molecule has 1 saturated carbocycles. The molecule has 0 bridgehead atoms. The Kier molecular flexibility index (Phi) is 6.28. The van der Waals surface area contributed by atoms with Crippen LogP contribution in [0.15, 0.2) is 48.7 Å². The lowest BCUT2D eigenvalue weighted by molar-refractivity contribution is 0.270. The summed E-state index contributed by atoms with van der Waals surface area (Å²) in [5, 5.41) is 32.0. The Bertz CT molecular complexity index is 1350. The third-order valence-electron chi connectivity index (χ3n) is 6.50. The summed E-state index contributed by atoms with van der Waals surface area (Å²) in [6.07, 6.45) is 8.23. The number of hydrogen-bond acceptors (Lipinski definition) is 5. The van der Waals surface area contributed by atoms with Crippen molar-refractivity contribution in [1.82, 2.24) is 19.6 Å². The van der Waals surface area contributed by atoms with Gasteiger partial charge in [0.15, 0.2) is 0 Å². The van der Waals surface area contributed by atoms with Gasteiger partial charge >= 0.3 is 0 Å². The van der Waals surface area contributed by atoms with E-state index in [1.807, 2.05) is 36.5 Å². The molecule has 1 aliphatic carbocycles. The number of hydrogen-bond donors (Lipinski definition) is 2. The molecule has 4 aromatic rings. The van der Waals surface area contributed by atoms with Gasteiger partial charge in [0.25, 0.3) is 0 Å². The first-order valence-corrected chi connectivity index (χ1v) is 11.8. The second-order valence-corrected chi connectivity index (χ2v) is 8.88. The highest BCUT2D eigenvalue weighted by molar-refractivity contribution is 5.81. The lowest BCUT2D eigenvalue weighted by Crippen LogP contribution is -2.17. The number of nitriles is 1. The SMILES string of the molecule is N#Cc1ccc(-c2cc(NCC3CCCCC3)nn2-c2ccc3nn(CCO)cc3c2)cc1F. The molecule has 0 saturated heterocycles. The van der Waals surface area contributed by atoms with Gasteiger partial charge in [-0.2, -0.15) is 10.4 Å². The Morgan fingerprint density at radius 2 is 1.94 bits per heavy atom. The highest BCUT2D eigenvalue weighted by Gasteiger charge is 2.17. The van der Waals surface area contributed by atoms with E-state index >= 15 is 0 Å². The molecule has 0 aliphatic heterocycles. The molecule has 7 nitrogen and oxygen atoms in total. The molecular formula is C26H27FN6O. The van der Waals surface area contributed by atoms with Crippen LogP contribution in [0.5, 0.6) is 0 Å². The lowest BCUT2D eigenvalue weighted by atomic mass is 9.89. The fraction of sp³-hybridized carbons (Fsp3) is 0.346. The molecule has 2 N–H and O–H groups in total. The van der Waals surface area contributed by atoms with Crippen molar-refractivity contribution in [2.24, 2.45) is 5.92 Å². The molecule has 0 unspecified atom stereocenters. The van der Waals surface area contributed by atoms with E-state index in [9.17, 15) is 9.50 Å². The quantitative estimate of drug-likeness (QED) is 0.412. The molecule has 34 heavy (non-hydrogen) atoms. The Morgan fingerprint density at radius 1 is 1.09 bits per heavy atom. The van der Waals surface area contributed by atoms with Crippen molar-refractivity contribution in [3.8, 4) is 23.0 Å². The van der Waals surface area contributed by atoms with Gasteiger partial charge in [-0.05, 0) is 49.1 Å². The van der Waals surface area contributed by atoms with Gasteiger partial charge in [-0.1, -0.05) is 25.3 Å². The second kappa shape index (κ2) is 9.65. The zero-order chi connectivity index (χ0) is 23.5. The van der Waals surface area contributed by atoms with Crippen molar-refractivity contribution in [3.05, 3.63) is 60.0 Å². The average molecular weight is 459 g/mol. The summed E-state index contributed by atoms with van der Waals surface area (Å²) >= 11 is 0. The summed E-state index contributed by atoms with van der Waals surface area (Å²) in [6, 6.07) is 14.3. The Morgan fingerprint density at radius 3 is 2.71 bits per heavy atom. The fourth-order valence-electron chi connectivity index (χ4n) is 4.69. The number of aromatic nitrogens is 4. The number of aliphatic hydroxyl groups excluding tert-OH is 1. The molecule has 2 aromatic carbocycles. The maximum absolute atomic E-state index is 14.5. The molecule has 1 aliphatic rings. The summed E-state index contributed by atoms with van der Waals surface area (Å²) < 4.78 is 18.0. The number of rotatable bonds is 7. The van der Waals surface area contributed by atoms with Gasteiger partial charge < -0.3 is 10.4 Å². The summed E-state index contributed by atoms with van der Waals surface area (Å²) in [4.78, 5) is 0. The molecule has 0 spiro atoms. The van der Waals surface area contributed by atoms with Crippen LogP contribution in [0, 0.1) is 23.1 Å². The van der Waals surface area contributed by atoms with Gasteiger partial charge in [0.05, 0.1) is 35.6 Å². The van der Waals surface area contributed by atoms with Crippen molar-refractivity contribution < 1.29 is 9.50 Å². The molecular weight excluding hydrogens is 431 g/mol. The number of halogens is 1. The first-order chi connectivity index (χ1) is 16.6. The van der Waals surface area contributed by atoms with Gasteiger partial charge in [-0.15, -0.1) is 5.10 Å². The van der Waals surface area contributed by atoms with E-state index in [1.54, 1.807) is 15.4 Å². The highest BCUT2D eigenvalue weighted by Crippen LogP contribution is 2.30. The minimum atomic E-state index is -0.551. The molecule has 5 rings (SSSR count). The number of nitrogens with one attached hydrogen (secondary N) is 1. The van der Waals surface area contributed by atoms with Crippen molar-refractivity contribution in [2.45, 2.75) is 38.6 Å². The first kappa shape index (κ1) is 22.1. The van der Waals surface area contributed by atoms with Crippen LogP contribution >= 0.6 is 0 Å². The maximum Gasteiger partial charge on any atom is 0.149 e. The van der Waals surface area contributed by atoms with Crippen LogP contribution in [-0.2, 0) is 6.54 Å². The lowest BCUT2D eigenvalue weighted by Gasteiger charge is -2.21. The zero-order valence-electron chi connectivity index (χ0n) is 18.9. The number of benzene rings is 2. The highest BCUT2D eigenvalue weighted by atomic mass is 19.1. The van der Waals surface area contributed by atoms with Crippen LogP contribution < -0.4 is 5.32 Å². The number of nitrogens with zero attached hydrogens (tertiary/aromatic N) is 5. The summed E-state index contributed by atoms with van der Waals surface area (Å²) in [5.74, 6) is 0.829. The Hall–Kier alpha value is -3.70. The van der Waals surface area contributed by atoms with Crippen molar-refractivity contribution in [3.63, 3.8) is 0 Å². The molecule has 174 valence electrons. The van der Waals surface area contributed by atoms with E-state index in [4.69, 9.17) is 10.4 Å². The van der Waals surface area contributed by atoms with Crippen LogP contribution in [0.2, 0.25) is 0 Å². The molecule has 0 atom stereocenters. The monoisotopic (exact) mass is 458 g/mol. The van der Waals surface area contributed by atoms with Crippen LogP contribution in [0.1, 0.15) is 37.7 Å². The van der Waals surface area contributed by atoms with E-state index in [1.165, 1.54) is 44.2 Å². The molecule has 2 aromatic heterocycles. The van der Waals surface area contributed by atoms with Crippen molar-refractivity contribution in [1.29, 1.82) is 5.26 Å². The van der Waals surface area contributed by atoms with Crippen LogP contribution in [0.4, 0.5) is 10.2 Å². The normalized spacial score (nSPS) is 14.4. The third kappa shape index (κ3) is 4.52. The average Bonchev–Trinajstić information content (AvgIpc) is 3.47. The molecule has 1 fully saturated rings. The van der Waals surface area contributed by atoms with Crippen molar-refractivity contribution in [2.75, 3.05) is 18.5 Å². The van der Waals surface area contributed by atoms with E-state index in [0.717, 1.165) is 34.6 Å².